The zero-order chi connectivity index (χ0) is 17.1. The normalized spacial score (nSPS) is 15.2. The summed E-state index contributed by atoms with van der Waals surface area (Å²) in [6.45, 7) is 1.21. The average Bonchev–Trinajstić information content (AvgIpc) is 2.62. The zero-order valence-electron chi connectivity index (χ0n) is 13.3. The van der Waals surface area contributed by atoms with Crippen molar-refractivity contribution in [3.8, 4) is 0 Å². The van der Waals surface area contributed by atoms with Crippen LogP contribution in [0.3, 0.4) is 0 Å². The van der Waals surface area contributed by atoms with Gasteiger partial charge in [-0.2, -0.15) is 0 Å². The van der Waals surface area contributed by atoms with Gasteiger partial charge in [0.25, 0.3) is 5.91 Å². The lowest BCUT2D eigenvalue weighted by Gasteiger charge is -2.33. The highest BCUT2D eigenvalue weighted by Crippen LogP contribution is 2.27. The SMILES string of the molecule is [B]c1ccccc1C1CCN(C(=O)c2ccccc2C(=O)O)CC1. The average molecular weight is 319 g/mol. The molecule has 24 heavy (non-hydrogen) atoms. The van der Waals surface area contributed by atoms with Gasteiger partial charge in [0.15, 0.2) is 0 Å². The fraction of sp³-hybridized carbons (Fsp3) is 0.263. The van der Waals surface area contributed by atoms with Crippen LogP contribution in [0.1, 0.15) is 45.0 Å². The van der Waals surface area contributed by atoms with Gasteiger partial charge in [-0.1, -0.05) is 47.4 Å². The maximum absolute atomic E-state index is 12.7. The number of carbonyl (C=O) groups is 2. The zero-order valence-corrected chi connectivity index (χ0v) is 13.3. The molecule has 1 aliphatic rings. The number of amides is 1. The first-order valence-electron chi connectivity index (χ1n) is 8.04. The summed E-state index contributed by atoms with van der Waals surface area (Å²) in [6, 6.07) is 14.2. The number of nitrogens with zero attached hydrogens (tertiary/aromatic N) is 1. The smallest absolute Gasteiger partial charge is 0.336 e. The van der Waals surface area contributed by atoms with Crippen LogP contribution in [0.4, 0.5) is 0 Å². The van der Waals surface area contributed by atoms with E-state index in [1.165, 1.54) is 6.07 Å². The second kappa shape index (κ2) is 6.91. The van der Waals surface area contributed by atoms with Gasteiger partial charge in [-0.05, 0) is 30.9 Å². The molecule has 1 saturated heterocycles. The Labute approximate surface area is 142 Å². The van der Waals surface area contributed by atoms with Crippen molar-refractivity contribution < 1.29 is 14.7 Å². The van der Waals surface area contributed by atoms with Crippen LogP contribution in [0.15, 0.2) is 48.5 Å². The number of piperidine rings is 1. The quantitative estimate of drug-likeness (QED) is 0.883. The van der Waals surface area contributed by atoms with Crippen LogP contribution < -0.4 is 5.46 Å². The molecule has 2 aromatic rings. The summed E-state index contributed by atoms with van der Waals surface area (Å²) < 4.78 is 0. The molecular weight excluding hydrogens is 301 g/mol. The Kier molecular flexibility index (Phi) is 4.70. The second-order valence-electron chi connectivity index (χ2n) is 6.05. The van der Waals surface area contributed by atoms with E-state index in [-0.39, 0.29) is 17.0 Å². The monoisotopic (exact) mass is 319 g/mol. The van der Waals surface area contributed by atoms with E-state index in [2.05, 4.69) is 0 Å². The third-order valence-electron chi connectivity index (χ3n) is 4.61. The minimum Gasteiger partial charge on any atom is -0.478 e. The van der Waals surface area contributed by atoms with E-state index in [0.717, 1.165) is 23.9 Å². The molecule has 2 radical (unpaired) electrons. The van der Waals surface area contributed by atoms with Gasteiger partial charge >= 0.3 is 5.97 Å². The lowest BCUT2D eigenvalue weighted by molar-refractivity contribution is 0.0662. The molecule has 0 unspecified atom stereocenters. The molecule has 0 saturated carbocycles. The van der Waals surface area contributed by atoms with Gasteiger partial charge in [-0.3, -0.25) is 4.79 Å². The molecule has 2 aromatic carbocycles. The predicted molar refractivity (Wildman–Crippen MR) is 93.1 cm³/mol. The van der Waals surface area contributed by atoms with E-state index in [4.69, 9.17) is 7.85 Å². The van der Waals surface area contributed by atoms with Crippen molar-refractivity contribution in [2.45, 2.75) is 18.8 Å². The lowest BCUT2D eigenvalue weighted by atomic mass is 9.80. The van der Waals surface area contributed by atoms with Crippen molar-refractivity contribution in [3.05, 3.63) is 65.2 Å². The number of carbonyl (C=O) groups excluding carboxylic acids is 1. The third kappa shape index (κ3) is 3.20. The molecule has 3 rings (SSSR count). The van der Waals surface area contributed by atoms with E-state index in [9.17, 15) is 14.7 Å². The lowest BCUT2D eigenvalue weighted by Crippen LogP contribution is -2.39. The molecule has 0 aliphatic carbocycles. The highest BCUT2D eigenvalue weighted by molar-refractivity contribution is 6.33. The van der Waals surface area contributed by atoms with Crippen molar-refractivity contribution in [3.63, 3.8) is 0 Å². The highest BCUT2D eigenvalue weighted by Gasteiger charge is 2.27. The Hall–Kier alpha value is -2.56. The first kappa shape index (κ1) is 16.3. The van der Waals surface area contributed by atoms with Gasteiger partial charge < -0.3 is 10.0 Å². The standard InChI is InChI=1S/C19H18BNO3/c20-17-8-4-3-5-14(17)13-9-11-21(12-10-13)18(22)15-6-1-2-7-16(15)19(23)24/h1-8,13H,9-12H2,(H,23,24). The summed E-state index contributed by atoms with van der Waals surface area (Å²) in [4.78, 5) is 25.7. The number of likely N-dealkylation sites (tertiary alicyclic amines) is 1. The maximum atomic E-state index is 12.7. The minimum absolute atomic E-state index is 0.0527. The summed E-state index contributed by atoms with van der Waals surface area (Å²) in [5.41, 5.74) is 2.23. The first-order valence-corrected chi connectivity index (χ1v) is 8.04. The summed E-state index contributed by atoms with van der Waals surface area (Å²) >= 11 is 0. The van der Waals surface area contributed by atoms with Crippen LogP contribution in [0.2, 0.25) is 0 Å². The summed E-state index contributed by atoms with van der Waals surface area (Å²) in [6.07, 6.45) is 1.66. The summed E-state index contributed by atoms with van der Waals surface area (Å²) in [7, 11) is 6.04. The molecule has 0 spiro atoms. The van der Waals surface area contributed by atoms with E-state index in [1.807, 2.05) is 24.3 Å². The Morgan fingerprint density at radius 2 is 1.54 bits per heavy atom. The Morgan fingerprint density at radius 3 is 2.17 bits per heavy atom. The van der Waals surface area contributed by atoms with Crippen molar-refractivity contribution in [2.75, 3.05) is 13.1 Å². The van der Waals surface area contributed by atoms with Crippen molar-refractivity contribution >= 4 is 25.2 Å². The predicted octanol–water partition coefficient (Wildman–Crippen LogP) is 2.20. The highest BCUT2D eigenvalue weighted by atomic mass is 16.4. The number of carboxylic acid groups (broad SMARTS) is 1. The molecule has 4 nitrogen and oxygen atoms in total. The molecule has 0 bridgehead atoms. The molecule has 1 aliphatic heterocycles. The van der Waals surface area contributed by atoms with Crippen LogP contribution in [0, 0.1) is 0 Å². The molecule has 120 valence electrons. The fourth-order valence-electron chi connectivity index (χ4n) is 3.30. The van der Waals surface area contributed by atoms with E-state index in [0.29, 0.717) is 19.0 Å². The molecule has 1 heterocycles. The Morgan fingerprint density at radius 1 is 0.958 bits per heavy atom. The topological polar surface area (TPSA) is 57.6 Å². The number of aromatic carboxylic acids is 1. The van der Waals surface area contributed by atoms with Crippen LogP contribution >= 0.6 is 0 Å². The molecule has 1 N–H and O–H groups in total. The maximum Gasteiger partial charge on any atom is 0.336 e. The Bertz CT molecular complexity index is 767. The van der Waals surface area contributed by atoms with E-state index in [1.54, 1.807) is 23.1 Å². The number of carboxylic acids is 1. The van der Waals surface area contributed by atoms with Crippen LogP contribution in [-0.4, -0.2) is 42.8 Å². The molecule has 1 amide bonds. The van der Waals surface area contributed by atoms with Crippen molar-refractivity contribution in [2.24, 2.45) is 0 Å². The van der Waals surface area contributed by atoms with Crippen LogP contribution in [0.25, 0.3) is 0 Å². The van der Waals surface area contributed by atoms with Gasteiger partial charge in [0.2, 0.25) is 0 Å². The summed E-state index contributed by atoms with van der Waals surface area (Å²) in [5, 5.41) is 9.25. The molecule has 5 heteroatoms. The number of hydrogen-bond donors (Lipinski definition) is 1. The van der Waals surface area contributed by atoms with Gasteiger partial charge in [0.1, 0.15) is 7.85 Å². The number of rotatable bonds is 3. The van der Waals surface area contributed by atoms with Crippen molar-refractivity contribution in [1.82, 2.24) is 4.90 Å². The number of hydrogen-bond acceptors (Lipinski definition) is 2. The van der Waals surface area contributed by atoms with Crippen LogP contribution in [0.5, 0.6) is 0 Å². The number of benzene rings is 2. The molecular formula is C19H18BNO3. The summed E-state index contributed by atoms with van der Waals surface area (Å²) in [5.74, 6) is -0.955. The molecule has 0 atom stereocenters. The second-order valence-corrected chi connectivity index (χ2v) is 6.05. The van der Waals surface area contributed by atoms with E-state index < -0.39 is 5.97 Å². The minimum atomic E-state index is -1.08. The third-order valence-corrected chi connectivity index (χ3v) is 4.61. The van der Waals surface area contributed by atoms with Crippen molar-refractivity contribution in [1.29, 1.82) is 0 Å². The molecule has 0 aromatic heterocycles. The largest absolute Gasteiger partial charge is 0.478 e. The van der Waals surface area contributed by atoms with Crippen LogP contribution in [-0.2, 0) is 0 Å². The Balaban J connectivity index is 1.72. The van der Waals surface area contributed by atoms with Gasteiger partial charge in [-0.15, -0.1) is 0 Å². The van der Waals surface area contributed by atoms with Gasteiger partial charge in [0.05, 0.1) is 11.1 Å². The molecule has 1 fully saturated rings. The first-order chi connectivity index (χ1) is 11.6. The van der Waals surface area contributed by atoms with E-state index >= 15 is 0 Å². The van der Waals surface area contributed by atoms with Gasteiger partial charge in [0, 0.05) is 13.1 Å². The fourth-order valence-corrected chi connectivity index (χ4v) is 3.30. The van der Waals surface area contributed by atoms with Gasteiger partial charge in [-0.25, -0.2) is 4.79 Å².